The molecule has 0 aliphatic carbocycles. The number of carbonyl (C=O) groups excluding carboxylic acids is 3. The van der Waals surface area contributed by atoms with E-state index in [2.05, 4.69) is 22.2 Å². The second-order valence-corrected chi connectivity index (χ2v) is 11.0. The van der Waals surface area contributed by atoms with Crippen LogP contribution in [0.15, 0.2) is 89.1 Å². The van der Waals surface area contributed by atoms with Gasteiger partial charge in [-0.1, -0.05) is 93.1 Å². The Kier molecular flexibility index (Phi) is 12.0. The lowest BCUT2D eigenvalue weighted by Gasteiger charge is -2.28. The van der Waals surface area contributed by atoms with E-state index in [1.165, 1.54) is 12.3 Å². The van der Waals surface area contributed by atoms with Gasteiger partial charge in [-0.3, -0.25) is 9.59 Å². The number of nitrogens with one attached hydrogen (secondary N) is 2. The van der Waals surface area contributed by atoms with Crippen LogP contribution in [0.3, 0.4) is 0 Å². The van der Waals surface area contributed by atoms with Crippen LogP contribution < -0.4 is 10.6 Å². The first kappa shape index (κ1) is 32.3. The number of aliphatic hydroxyl groups is 1. The van der Waals surface area contributed by atoms with E-state index >= 15 is 0 Å². The quantitative estimate of drug-likeness (QED) is 0.368. The highest BCUT2D eigenvalue weighted by Crippen LogP contribution is 2.20. The van der Waals surface area contributed by atoms with Gasteiger partial charge < -0.3 is 24.9 Å². The Balaban J connectivity index is 1.90. The zero-order valence-corrected chi connectivity index (χ0v) is 24.7. The number of esters is 1. The highest BCUT2D eigenvalue weighted by Gasteiger charge is 2.30. The van der Waals surface area contributed by atoms with Crippen LogP contribution in [-0.4, -0.2) is 52.7 Å². The monoisotopic (exact) mass is 575 g/mol. The van der Waals surface area contributed by atoms with Gasteiger partial charge in [0.05, 0.1) is 6.10 Å². The molecule has 1 aromatic carbocycles. The van der Waals surface area contributed by atoms with Gasteiger partial charge in [-0.05, 0) is 30.9 Å². The molecule has 0 spiro atoms. The van der Waals surface area contributed by atoms with Gasteiger partial charge in [-0.15, -0.1) is 0 Å². The number of hydrogen-bond acceptors (Lipinski definition) is 7. The average Bonchev–Trinajstić information content (AvgIpc) is 3.40. The molecule has 2 bridgehead atoms. The van der Waals surface area contributed by atoms with Crippen LogP contribution in [0.5, 0.6) is 0 Å². The molecular weight excluding hydrogens is 534 g/mol. The van der Waals surface area contributed by atoms with Gasteiger partial charge >= 0.3 is 5.97 Å². The molecular formula is C33H41N3O6. The van der Waals surface area contributed by atoms with E-state index in [9.17, 15) is 19.5 Å². The largest absolute Gasteiger partial charge is 0.460 e. The molecule has 1 aromatic heterocycles. The Morgan fingerprint density at radius 1 is 1.14 bits per heavy atom. The van der Waals surface area contributed by atoms with Crippen molar-refractivity contribution in [3.05, 3.63) is 102 Å². The summed E-state index contributed by atoms with van der Waals surface area (Å²) in [6.45, 7) is 11.9. The summed E-state index contributed by atoms with van der Waals surface area (Å²) in [7, 11) is 0. The SMILES string of the molecule is C=C1Cc2nc(co2)C(=O)NC(Cc2ccccc2)C(=O)OC(C(C)C)C(C)/C=C/C(=O)NC/C=C/C(C)=C/C(O)C1. The van der Waals surface area contributed by atoms with E-state index in [0.29, 0.717) is 12.1 Å². The fourth-order valence-corrected chi connectivity index (χ4v) is 4.65. The van der Waals surface area contributed by atoms with Gasteiger partial charge in [0.2, 0.25) is 5.91 Å². The minimum atomic E-state index is -0.991. The summed E-state index contributed by atoms with van der Waals surface area (Å²) in [6.07, 6.45) is 9.08. The summed E-state index contributed by atoms with van der Waals surface area (Å²) >= 11 is 0. The molecule has 0 radical (unpaired) electrons. The summed E-state index contributed by atoms with van der Waals surface area (Å²) in [6, 6.07) is 8.33. The van der Waals surface area contributed by atoms with Gasteiger partial charge in [-0.2, -0.15) is 0 Å². The Labute approximate surface area is 247 Å². The number of carbonyl (C=O) groups is 3. The fourth-order valence-electron chi connectivity index (χ4n) is 4.65. The van der Waals surface area contributed by atoms with Gasteiger partial charge in [0, 0.05) is 25.3 Å². The second kappa shape index (κ2) is 15.7. The van der Waals surface area contributed by atoms with E-state index in [1.54, 1.807) is 18.2 Å². The molecule has 0 saturated carbocycles. The normalized spacial score (nSPS) is 26.4. The molecule has 3 N–H and O–H groups in total. The average molecular weight is 576 g/mol. The van der Waals surface area contributed by atoms with Crippen LogP contribution in [0.1, 0.15) is 56.1 Å². The molecule has 2 amide bonds. The maximum Gasteiger partial charge on any atom is 0.329 e. The highest BCUT2D eigenvalue weighted by atomic mass is 16.5. The van der Waals surface area contributed by atoms with Crippen molar-refractivity contribution in [3.63, 3.8) is 0 Å². The molecule has 4 unspecified atom stereocenters. The van der Waals surface area contributed by atoms with E-state index in [0.717, 1.165) is 11.1 Å². The molecule has 1 aliphatic rings. The van der Waals surface area contributed by atoms with Crippen molar-refractivity contribution in [2.24, 2.45) is 11.8 Å². The lowest BCUT2D eigenvalue weighted by molar-refractivity contribution is -0.155. The standard InChI is InChI=1S/C33H41N3O6/c1-21(2)31-24(5)13-14-29(38)34-15-9-10-22(3)16-26(37)17-23(4)18-30-35-28(20-41-30)32(39)36-27(33(40)42-31)19-25-11-7-6-8-12-25/h6-14,16,20-21,24,26-27,31,37H,4,15,17-19H2,1-3,5H3,(H,34,38)(H,36,39)/b10-9+,14-13+,22-16+. The first-order valence-corrected chi connectivity index (χ1v) is 14.2. The summed E-state index contributed by atoms with van der Waals surface area (Å²) in [5, 5.41) is 16.0. The van der Waals surface area contributed by atoms with E-state index in [-0.39, 0.29) is 48.6 Å². The van der Waals surface area contributed by atoms with Gasteiger partial charge in [-0.25, -0.2) is 9.78 Å². The minimum absolute atomic E-state index is 0.0196. The molecule has 2 heterocycles. The number of rotatable bonds is 3. The lowest BCUT2D eigenvalue weighted by atomic mass is 9.94. The third-order valence-electron chi connectivity index (χ3n) is 6.76. The van der Waals surface area contributed by atoms with Crippen LogP contribution in [0.4, 0.5) is 0 Å². The topological polar surface area (TPSA) is 131 Å². The number of fused-ring (bicyclic) bond motifs is 2. The number of hydrogen-bond donors (Lipinski definition) is 3. The summed E-state index contributed by atoms with van der Waals surface area (Å²) in [4.78, 5) is 43.4. The maximum atomic E-state index is 13.5. The Hall–Kier alpha value is -4.24. The van der Waals surface area contributed by atoms with Crippen LogP contribution in [0.25, 0.3) is 0 Å². The lowest BCUT2D eigenvalue weighted by Crippen LogP contribution is -2.46. The third kappa shape index (κ3) is 10.3. The zero-order chi connectivity index (χ0) is 30.6. The number of oxazole rings is 1. The Morgan fingerprint density at radius 2 is 1.88 bits per heavy atom. The molecule has 42 heavy (non-hydrogen) atoms. The fraction of sp³-hybridized carbons (Fsp3) is 0.394. The Bertz CT molecular complexity index is 1320. The van der Waals surface area contributed by atoms with Crippen LogP contribution in [0.2, 0.25) is 0 Å². The van der Waals surface area contributed by atoms with Crippen molar-refractivity contribution < 1.29 is 28.6 Å². The molecule has 2 aromatic rings. The number of ether oxygens (including phenoxy) is 1. The van der Waals surface area contributed by atoms with Crippen LogP contribution in [0, 0.1) is 11.8 Å². The predicted molar refractivity (Wildman–Crippen MR) is 160 cm³/mol. The number of aromatic nitrogens is 1. The van der Waals surface area contributed by atoms with E-state index in [4.69, 9.17) is 9.15 Å². The minimum Gasteiger partial charge on any atom is -0.460 e. The van der Waals surface area contributed by atoms with Crippen molar-refractivity contribution in [3.8, 4) is 0 Å². The van der Waals surface area contributed by atoms with Crippen molar-refractivity contribution in [2.45, 2.75) is 65.2 Å². The first-order chi connectivity index (χ1) is 20.0. The number of benzene rings is 1. The third-order valence-corrected chi connectivity index (χ3v) is 6.76. The number of aliphatic hydroxyl groups excluding tert-OH is 1. The number of cyclic esters (lactones) is 1. The van der Waals surface area contributed by atoms with Gasteiger partial charge in [0.1, 0.15) is 18.4 Å². The predicted octanol–water partition coefficient (Wildman–Crippen LogP) is 4.26. The molecule has 1 aliphatic heterocycles. The van der Waals surface area contributed by atoms with Crippen LogP contribution >= 0.6 is 0 Å². The molecule has 4 atom stereocenters. The molecule has 9 nitrogen and oxygen atoms in total. The zero-order valence-electron chi connectivity index (χ0n) is 24.7. The molecule has 9 heteroatoms. The van der Waals surface area contributed by atoms with E-state index < -0.39 is 30.1 Å². The molecule has 224 valence electrons. The van der Waals surface area contributed by atoms with Crippen molar-refractivity contribution in [1.29, 1.82) is 0 Å². The van der Waals surface area contributed by atoms with Crippen LogP contribution in [-0.2, 0) is 27.2 Å². The number of allylic oxidation sites excluding steroid dienone is 2. The molecule has 3 rings (SSSR count). The van der Waals surface area contributed by atoms with E-state index in [1.807, 2.05) is 64.1 Å². The Morgan fingerprint density at radius 3 is 2.60 bits per heavy atom. The second-order valence-electron chi connectivity index (χ2n) is 11.0. The molecule has 0 saturated heterocycles. The van der Waals surface area contributed by atoms with Gasteiger partial charge in [0.25, 0.3) is 5.91 Å². The summed E-state index contributed by atoms with van der Waals surface area (Å²) in [5.41, 5.74) is 2.36. The van der Waals surface area contributed by atoms with Crippen molar-refractivity contribution in [2.75, 3.05) is 6.54 Å². The summed E-state index contributed by atoms with van der Waals surface area (Å²) in [5.74, 6) is -1.51. The smallest absolute Gasteiger partial charge is 0.329 e. The number of amides is 2. The highest BCUT2D eigenvalue weighted by molar-refractivity contribution is 5.95. The maximum absolute atomic E-state index is 13.5. The first-order valence-electron chi connectivity index (χ1n) is 14.2. The summed E-state index contributed by atoms with van der Waals surface area (Å²) < 4.78 is 11.5. The molecule has 0 fully saturated rings. The van der Waals surface area contributed by atoms with Crippen molar-refractivity contribution >= 4 is 17.8 Å². The number of nitrogens with zero attached hydrogens (tertiary/aromatic N) is 1. The van der Waals surface area contributed by atoms with Crippen molar-refractivity contribution in [1.82, 2.24) is 15.6 Å². The van der Waals surface area contributed by atoms with Gasteiger partial charge in [0.15, 0.2) is 11.6 Å².